The zero-order valence-electron chi connectivity index (χ0n) is 21.2. The van der Waals surface area contributed by atoms with E-state index in [4.69, 9.17) is 9.63 Å². The zero-order chi connectivity index (χ0) is 28.3. The molecule has 4 rings (SSSR count). The van der Waals surface area contributed by atoms with Crippen molar-refractivity contribution < 1.29 is 28.8 Å². The fourth-order valence-corrected chi connectivity index (χ4v) is 4.06. The molecule has 3 heterocycles. The van der Waals surface area contributed by atoms with Crippen LogP contribution in [0.5, 0.6) is 0 Å². The predicted octanol–water partition coefficient (Wildman–Crippen LogP) is 2.93. The number of carbonyl (C=O) groups is 4. The number of carbonyl (C=O) groups excluding carboxylic acids is 3. The molecule has 40 heavy (non-hydrogen) atoms. The number of aryl methyl sites for hydroxylation is 1. The normalized spacial score (nSPS) is 10.7. The molecule has 4 aromatic rings. The SMILES string of the molecule is O=C(CCC(=O)Nc1ccc(-c2cc(C(=O)O)no2)cc1)NCc1cn(CCCCC(=O)Nc2nccs2)nn1. The van der Waals surface area contributed by atoms with Gasteiger partial charge in [0, 0.05) is 54.7 Å². The van der Waals surface area contributed by atoms with Crippen molar-refractivity contribution in [2.24, 2.45) is 0 Å². The molecule has 0 aliphatic carbocycles. The monoisotopic (exact) mass is 566 g/mol. The number of thiazole rings is 1. The second-order valence-corrected chi connectivity index (χ2v) is 9.49. The smallest absolute Gasteiger partial charge is 0.358 e. The molecular weight excluding hydrogens is 540 g/mol. The maximum absolute atomic E-state index is 12.2. The fraction of sp³-hybridized carbons (Fsp3) is 0.280. The highest BCUT2D eigenvalue weighted by Crippen LogP contribution is 2.22. The number of nitrogens with zero attached hydrogens (tertiary/aromatic N) is 5. The minimum absolute atomic E-state index is 0.00284. The van der Waals surface area contributed by atoms with Gasteiger partial charge in [-0.2, -0.15) is 0 Å². The van der Waals surface area contributed by atoms with Crippen molar-refractivity contribution >= 4 is 45.8 Å². The van der Waals surface area contributed by atoms with Crippen molar-refractivity contribution in [3.8, 4) is 11.3 Å². The van der Waals surface area contributed by atoms with Crippen molar-refractivity contribution in [2.45, 2.75) is 45.2 Å². The third-order valence-corrected chi connectivity index (χ3v) is 6.22. The molecule has 14 nitrogen and oxygen atoms in total. The van der Waals surface area contributed by atoms with E-state index in [-0.39, 0.29) is 42.8 Å². The van der Waals surface area contributed by atoms with Crippen LogP contribution in [-0.2, 0) is 27.5 Å². The number of unbranched alkanes of at least 4 members (excludes halogenated alkanes) is 1. The molecule has 15 heteroatoms. The Morgan fingerprint density at radius 1 is 0.975 bits per heavy atom. The lowest BCUT2D eigenvalue weighted by Gasteiger charge is -2.06. The number of rotatable bonds is 14. The number of hydrogen-bond donors (Lipinski definition) is 4. The van der Waals surface area contributed by atoms with Gasteiger partial charge in [-0.05, 0) is 37.1 Å². The van der Waals surface area contributed by atoms with Crippen LogP contribution in [0.1, 0.15) is 48.3 Å². The molecule has 3 aromatic heterocycles. The Kier molecular flexibility index (Phi) is 9.66. The van der Waals surface area contributed by atoms with Gasteiger partial charge in [-0.1, -0.05) is 10.4 Å². The topological polar surface area (TPSA) is 194 Å². The number of benzene rings is 1. The van der Waals surface area contributed by atoms with Crippen LogP contribution in [0.15, 0.2) is 52.6 Å². The molecule has 0 unspecified atom stereocenters. The Labute approximate surface area is 231 Å². The van der Waals surface area contributed by atoms with E-state index in [0.29, 0.717) is 47.2 Å². The van der Waals surface area contributed by atoms with Gasteiger partial charge < -0.3 is 25.6 Å². The van der Waals surface area contributed by atoms with Crippen LogP contribution in [0.3, 0.4) is 0 Å². The van der Waals surface area contributed by atoms with E-state index in [2.05, 4.69) is 36.4 Å². The maximum atomic E-state index is 12.2. The molecule has 0 fully saturated rings. The summed E-state index contributed by atoms with van der Waals surface area (Å²) in [4.78, 5) is 51.2. The Bertz CT molecular complexity index is 1450. The van der Waals surface area contributed by atoms with Gasteiger partial charge in [-0.3, -0.25) is 19.1 Å². The molecule has 0 aliphatic heterocycles. The third kappa shape index (κ3) is 8.56. The van der Waals surface area contributed by atoms with Gasteiger partial charge in [-0.15, -0.1) is 16.4 Å². The van der Waals surface area contributed by atoms with Gasteiger partial charge in [0.25, 0.3) is 0 Å². The van der Waals surface area contributed by atoms with Crippen molar-refractivity contribution in [3.63, 3.8) is 0 Å². The molecule has 1 aromatic carbocycles. The summed E-state index contributed by atoms with van der Waals surface area (Å²) < 4.78 is 6.67. The number of aromatic nitrogens is 5. The van der Waals surface area contributed by atoms with Gasteiger partial charge in [0.1, 0.15) is 5.69 Å². The number of anilines is 2. The first-order valence-corrected chi connectivity index (χ1v) is 13.2. The molecule has 0 atom stereocenters. The highest BCUT2D eigenvalue weighted by Gasteiger charge is 2.13. The minimum Gasteiger partial charge on any atom is -0.476 e. The van der Waals surface area contributed by atoms with Gasteiger partial charge in [-0.25, -0.2) is 9.78 Å². The Morgan fingerprint density at radius 2 is 1.75 bits per heavy atom. The largest absolute Gasteiger partial charge is 0.476 e. The van der Waals surface area contributed by atoms with Crippen molar-refractivity contribution in [3.05, 3.63) is 59.5 Å². The van der Waals surface area contributed by atoms with Crippen molar-refractivity contribution in [2.75, 3.05) is 10.6 Å². The minimum atomic E-state index is -1.19. The molecule has 0 spiro atoms. The summed E-state index contributed by atoms with van der Waals surface area (Å²) in [6.45, 7) is 0.776. The lowest BCUT2D eigenvalue weighted by atomic mass is 10.1. The molecule has 3 amide bonds. The average Bonchev–Trinajstić information content (AvgIpc) is 3.72. The second kappa shape index (κ2) is 13.7. The highest BCUT2D eigenvalue weighted by atomic mass is 32.1. The zero-order valence-corrected chi connectivity index (χ0v) is 22.0. The highest BCUT2D eigenvalue weighted by molar-refractivity contribution is 7.13. The number of carboxylic acid groups (broad SMARTS) is 1. The van der Waals surface area contributed by atoms with Crippen LogP contribution in [0, 0.1) is 0 Å². The maximum Gasteiger partial charge on any atom is 0.358 e. The summed E-state index contributed by atoms with van der Waals surface area (Å²) in [5, 5.41) is 31.0. The lowest BCUT2D eigenvalue weighted by Crippen LogP contribution is -2.24. The molecule has 0 radical (unpaired) electrons. The first-order valence-electron chi connectivity index (χ1n) is 12.3. The molecule has 0 aliphatic rings. The lowest BCUT2D eigenvalue weighted by molar-refractivity contribution is -0.124. The Balaban J connectivity index is 1.10. The first-order chi connectivity index (χ1) is 19.4. The van der Waals surface area contributed by atoms with Crippen LogP contribution < -0.4 is 16.0 Å². The van der Waals surface area contributed by atoms with Crippen molar-refractivity contribution in [1.29, 1.82) is 0 Å². The third-order valence-electron chi connectivity index (χ3n) is 5.53. The van der Waals surface area contributed by atoms with Crippen LogP contribution >= 0.6 is 11.3 Å². The van der Waals surface area contributed by atoms with E-state index in [1.54, 1.807) is 46.7 Å². The molecule has 0 saturated heterocycles. The van der Waals surface area contributed by atoms with E-state index >= 15 is 0 Å². The average molecular weight is 567 g/mol. The Morgan fingerprint density at radius 3 is 2.48 bits per heavy atom. The number of carboxylic acids is 1. The van der Waals surface area contributed by atoms with E-state index < -0.39 is 5.97 Å². The molecular formula is C25H26N8O6S. The van der Waals surface area contributed by atoms with Crippen LogP contribution in [0.2, 0.25) is 0 Å². The van der Waals surface area contributed by atoms with Crippen molar-refractivity contribution in [1.82, 2.24) is 30.5 Å². The van der Waals surface area contributed by atoms with Crippen LogP contribution in [-0.4, -0.2) is 53.9 Å². The molecule has 0 saturated carbocycles. The number of aromatic carboxylic acids is 1. The van der Waals surface area contributed by atoms with E-state index in [9.17, 15) is 19.2 Å². The fourth-order valence-electron chi connectivity index (χ4n) is 3.51. The van der Waals surface area contributed by atoms with Crippen LogP contribution in [0.25, 0.3) is 11.3 Å². The summed E-state index contributed by atoms with van der Waals surface area (Å²) in [6, 6.07) is 7.89. The molecule has 4 N–H and O–H groups in total. The number of nitrogens with one attached hydrogen (secondary N) is 3. The standard InChI is InChI=1S/C25H26N8O6S/c34-21(8-9-23(36)28-17-6-4-16(5-7-17)20-13-19(24(37)38)31-39-20)27-14-18-15-33(32-30-18)11-2-1-3-22(35)29-25-26-10-12-40-25/h4-7,10,12-13,15H,1-3,8-9,11,14H2,(H,27,34)(H,28,36)(H,37,38)(H,26,29,35). The molecule has 0 bridgehead atoms. The number of amides is 3. The summed E-state index contributed by atoms with van der Waals surface area (Å²) in [5.74, 6) is -1.61. The molecule has 208 valence electrons. The number of hydrogen-bond acceptors (Lipinski definition) is 10. The quantitative estimate of drug-likeness (QED) is 0.165. The van der Waals surface area contributed by atoms with E-state index in [0.717, 1.165) is 6.42 Å². The van der Waals surface area contributed by atoms with Gasteiger partial charge in [0.2, 0.25) is 17.7 Å². The summed E-state index contributed by atoms with van der Waals surface area (Å²) in [6.07, 6.45) is 5.15. The van der Waals surface area contributed by atoms with Gasteiger partial charge in [0.05, 0.1) is 12.7 Å². The van der Waals surface area contributed by atoms with E-state index in [1.165, 1.54) is 17.4 Å². The summed E-state index contributed by atoms with van der Waals surface area (Å²) >= 11 is 1.37. The summed E-state index contributed by atoms with van der Waals surface area (Å²) in [5.41, 5.74) is 1.51. The van der Waals surface area contributed by atoms with Gasteiger partial charge in [0.15, 0.2) is 16.6 Å². The van der Waals surface area contributed by atoms with E-state index in [1.807, 2.05) is 0 Å². The Hall–Kier alpha value is -4.92. The van der Waals surface area contributed by atoms with Gasteiger partial charge >= 0.3 is 5.97 Å². The summed E-state index contributed by atoms with van der Waals surface area (Å²) in [7, 11) is 0. The first kappa shape index (κ1) is 28.1. The predicted molar refractivity (Wildman–Crippen MR) is 143 cm³/mol. The van der Waals surface area contributed by atoms with Crippen LogP contribution in [0.4, 0.5) is 10.8 Å². The second-order valence-electron chi connectivity index (χ2n) is 8.60.